The second-order valence-electron chi connectivity index (χ2n) is 7.22. The van der Waals surface area contributed by atoms with Gasteiger partial charge in [0.2, 0.25) is 6.79 Å². The van der Waals surface area contributed by atoms with E-state index in [4.69, 9.17) is 18.9 Å². The maximum absolute atomic E-state index is 12.7. The lowest BCUT2D eigenvalue weighted by molar-refractivity contribution is -0.139. The molecule has 0 radical (unpaired) electrons. The van der Waals surface area contributed by atoms with Gasteiger partial charge in [-0.3, -0.25) is 9.69 Å². The molecule has 7 nitrogen and oxygen atoms in total. The van der Waals surface area contributed by atoms with Crippen molar-refractivity contribution < 1.29 is 23.7 Å². The molecule has 2 aromatic carbocycles. The van der Waals surface area contributed by atoms with Gasteiger partial charge in [0.15, 0.2) is 17.6 Å². The van der Waals surface area contributed by atoms with Crippen LogP contribution >= 0.6 is 0 Å². The molecule has 1 atom stereocenters. The van der Waals surface area contributed by atoms with E-state index >= 15 is 0 Å². The van der Waals surface area contributed by atoms with Gasteiger partial charge in [0.05, 0.1) is 7.11 Å². The Kier molecular flexibility index (Phi) is 5.76. The molecule has 7 heteroatoms. The number of piperazine rings is 1. The van der Waals surface area contributed by atoms with Crippen LogP contribution in [0.25, 0.3) is 0 Å². The lowest BCUT2D eigenvalue weighted by Gasteiger charge is -2.35. The molecular formula is C22H26N2O5. The van der Waals surface area contributed by atoms with Gasteiger partial charge in [-0.2, -0.15) is 0 Å². The molecule has 4 rings (SSSR count). The van der Waals surface area contributed by atoms with Crippen molar-refractivity contribution in [2.24, 2.45) is 0 Å². The third kappa shape index (κ3) is 4.56. The molecule has 0 aliphatic carbocycles. The maximum atomic E-state index is 12.7. The molecule has 2 aliphatic heterocycles. The van der Waals surface area contributed by atoms with Crippen molar-refractivity contribution in [1.29, 1.82) is 0 Å². The molecule has 0 aromatic heterocycles. The van der Waals surface area contributed by atoms with Gasteiger partial charge in [-0.05, 0) is 48.9 Å². The van der Waals surface area contributed by atoms with Crippen molar-refractivity contribution in [3.8, 4) is 23.0 Å². The standard InChI is InChI=1S/C22H26N2O5/c1-16(29-19-6-4-18(26-2)5-7-19)22(25)24-11-9-23(10-12-24)14-17-3-8-20-21(13-17)28-15-27-20/h3-8,13,16H,9-12,14-15H2,1-2H3/t16-/m0/s1. The summed E-state index contributed by atoms with van der Waals surface area (Å²) >= 11 is 0. The fourth-order valence-corrected chi connectivity index (χ4v) is 3.59. The number of benzene rings is 2. The summed E-state index contributed by atoms with van der Waals surface area (Å²) < 4.78 is 21.8. The molecule has 1 amide bonds. The summed E-state index contributed by atoms with van der Waals surface area (Å²) in [6.07, 6.45) is -0.524. The largest absolute Gasteiger partial charge is 0.497 e. The zero-order valence-corrected chi connectivity index (χ0v) is 16.8. The van der Waals surface area contributed by atoms with Crippen LogP contribution in [-0.2, 0) is 11.3 Å². The Morgan fingerprint density at radius 3 is 2.41 bits per heavy atom. The molecule has 0 saturated carbocycles. The molecule has 0 unspecified atom stereocenters. The van der Waals surface area contributed by atoms with Crippen molar-refractivity contribution in [3.63, 3.8) is 0 Å². The Morgan fingerprint density at radius 1 is 1.00 bits per heavy atom. The third-order valence-electron chi connectivity index (χ3n) is 5.25. The number of carbonyl (C=O) groups is 1. The number of rotatable bonds is 6. The summed E-state index contributed by atoms with van der Waals surface area (Å²) in [7, 11) is 1.62. The van der Waals surface area contributed by atoms with Crippen molar-refractivity contribution in [2.45, 2.75) is 19.6 Å². The fourth-order valence-electron chi connectivity index (χ4n) is 3.59. The fraction of sp³-hybridized carbons (Fsp3) is 0.409. The molecular weight excluding hydrogens is 372 g/mol. The van der Waals surface area contributed by atoms with Crippen LogP contribution in [0.15, 0.2) is 42.5 Å². The summed E-state index contributed by atoms with van der Waals surface area (Å²) in [5, 5.41) is 0. The predicted octanol–water partition coefficient (Wildman–Crippen LogP) is 2.54. The first-order valence-electron chi connectivity index (χ1n) is 9.83. The van der Waals surface area contributed by atoms with Crippen LogP contribution in [0, 0.1) is 0 Å². The van der Waals surface area contributed by atoms with Crippen LogP contribution in [-0.4, -0.2) is 61.9 Å². The number of hydrogen-bond acceptors (Lipinski definition) is 6. The summed E-state index contributed by atoms with van der Waals surface area (Å²) in [6, 6.07) is 13.3. The molecule has 0 N–H and O–H groups in total. The second kappa shape index (κ2) is 8.61. The topological polar surface area (TPSA) is 60.5 Å². The minimum absolute atomic E-state index is 0.0172. The molecule has 1 saturated heterocycles. The van der Waals surface area contributed by atoms with E-state index in [-0.39, 0.29) is 12.7 Å². The van der Waals surface area contributed by atoms with Crippen molar-refractivity contribution in [2.75, 3.05) is 40.1 Å². The Morgan fingerprint density at radius 2 is 1.69 bits per heavy atom. The molecule has 0 bridgehead atoms. The second-order valence-corrected chi connectivity index (χ2v) is 7.22. The monoisotopic (exact) mass is 398 g/mol. The van der Waals surface area contributed by atoms with Gasteiger partial charge in [0.25, 0.3) is 5.91 Å². The Balaban J connectivity index is 1.26. The average molecular weight is 398 g/mol. The highest BCUT2D eigenvalue weighted by Crippen LogP contribution is 2.32. The number of hydrogen-bond donors (Lipinski definition) is 0. The van der Waals surface area contributed by atoms with Gasteiger partial charge in [-0.15, -0.1) is 0 Å². The molecule has 2 heterocycles. The molecule has 1 fully saturated rings. The first-order valence-corrected chi connectivity index (χ1v) is 9.83. The molecule has 29 heavy (non-hydrogen) atoms. The highest BCUT2D eigenvalue weighted by atomic mass is 16.7. The number of fused-ring (bicyclic) bond motifs is 1. The minimum Gasteiger partial charge on any atom is -0.497 e. The summed E-state index contributed by atoms with van der Waals surface area (Å²) in [5.41, 5.74) is 1.19. The Labute approximate surface area is 170 Å². The Bertz CT molecular complexity index is 847. The van der Waals surface area contributed by atoms with E-state index in [2.05, 4.69) is 11.0 Å². The molecule has 0 spiro atoms. The van der Waals surface area contributed by atoms with E-state index in [1.807, 2.05) is 41.3 Å². The number of amides is 1. The number of ether oxygens (including phenoxy) is 4. The summed E-state index contributed by atoms with van der Waals surface area (Å²) in [5.74, 6) is 3.04. The average Bonchev–Trinajstić information content (AvgIpc) is 3.22. The van der Waals surface area contributed by atoms with Gasteiger partial charge in [-0.1, -0.05) is 6.07 Å². The van der Waals surface area contributed by atoms with Gasteiger partial charge < -0.3 is 23.8 Å². The van der Waals surface area contributed by atoms with E-state index in [0.717, 1.165) is 36.9 Å². The van der Waals surface area contributed by atoms with E-state index in [0.29, 0.717) is 18.8 Å². The zero-order valence-electron chi connectivity index (χ0n) is 16.8. The SMILES string of the molecule is COc1ccc(O[C@@H](C)C(=O)N2CCN(Cc3ccc4c(c3)OCO4)CC2)cc1. The molecule has 154 valence electrons. The van der Waals surface area contributed by atoms with E-state index in [1.54, 1.807) is 14.0 Å². The minimum atomic E-state index is -0.524. The van der Waals surface area contributed by atoms with Gasteiger partial charge in [-0.25, -0.2) is 0 Å². The normalized spacial score (nSPS) is 17.1. The lowest BCUT2D eigenvalue weighted by atomic mass is 10.1. The summed E-state index contributed by atoms with van der Waals surface area (Å²) in [6.45, 7) is 5.96. The number of carbonyl (C=O) groups excluding carboxylic acids is 1. The first-order chi connectivity index (χ1) is 14.1. The van der Waals surface area contributed by atoms with Crippen LogP contribution in [0.2, 0.25) is 0 Å². The first kappa shape index (κ1) is 19.4. The number of methoxy groups -OCH3 is 1. The van der Waals surface area contributed by atoms with Gasteiger partial charge in [0, 0.05) is 32.7 Å². The van der Waals surface area contributed by atoms with Crippen LogP contribution in [0.1, 0.15) is 12.5 Å². The highest BCUT2D eigenvalue weighted by molar-refractivity contribution is 5.81. The quantitative estimate of drug-likeness (QED) is 0.745. The molecule has 2 aliphatic rings. The predicted molar refractivity (Wildman–Crippen MR) is 108 cm³/mol. The van der Waals surface area contributed by atoms with E-state index in [1.165, 1.54) is 5.56 Å². The van der Waals surface area contributed by atoms with Crippen molar-refractivity contribution in [3.05, 3.63) is 48.0 Å². The lowest BCUT2D eigenvalue weighted by Crippen LogP contribution is -2.51. The van der Waals surface area contributed by atoms with E-state index in [9.17, 15) is 4.79 Å². The smallest absolute Gasteiger partial charge is 0.263 e. The third-order valence-corrected chi connectivity index (χ3v) is 5.25. The van der Waals surface area contributed by atoms with Gasteiger partial charge >= 0.3 is 0 Å². The van der Waals surface area contributed by atoms with Crippen LogP contribution in [0.3, 0.4) is 0 Å². The highest BCUT2D eigenvalue weighted by Gasteiger charge is 2.26. The van der Waals surface area contributed by atoms with Crippen molar-refractivity contribution >= 4 is 5.91 Å². The van der Waals surface area contributed by atoms with E-state index < -0.39 is 6.10 Å². The van der Waals surface area contributed by atoms with Crippen LogP contribution < -0.4 is 18.9 Å². The van der Waals surface area contributed by atoms with Crippen LogP contribution in [0.5, 0.6) is 23.0 Å². The Hall–Kier alpha value is -2.93. The maximum Gasteiger partial charge on any atom is 0.263 e. The summed E-state index contributed by atoms with van der Waals surface area (Å²) in [4.78, 5) is 17.0. The van der Waals surface area contributed by atoms with Crippen molar-refractivity contribution in [1.82, 2.24) is 9.80 Å². The zero-order chi connectivity index (χ0) is 20.2. The van der Waals surface area contributed by atoms with Gasteiger partial charge in [0.1, 0.15) is 11.5 Å². The molecule has 2 aromatic rings. The van der Waals surface area contributed by atoms with Crippen LogP contribution in [0.4, 0.5) is 0 Å². The number of nitrogens with zero attached hydrogens (tertiary/aromatic N) is 2.